The van der Waals surface area contributed by atoms with Crippen LogP contribution in [0.15, 0.2) is 23.2 Å². The summed E-state index contributed by atoms with van der Waals surface area (Å²) in [5.41, 5.74) is 2.52. The van der Waals surface area contributed by atoms with Gasteiger partial charge in [-0.05, 0) is 37.3 Å². The summed E-state index contributed by atoms with van der Waals surface area (Å²) in [4.78, 5) is 18.1. The first-order valence-corrected chi connectivity index (χ1v) is 7.82. The van der Waals surface area contributed by atoms with Crippen LogP contribution >= 0.6 is 11.8 Å². The lowest BCUT2D eigenvalue weighted by Crippen LogP contribution is -2.46. The molecule has 21 heavy (non-hydrogen) atoms. The molecule has 1 heterocycles. The molecule has 1 aromatic rings. The Hall–Kier alpha value is -2.20. The van der Waals surface area contributed by atoms with Crippen molar-refractivity contribution in [3.05, 3.63) is 23.8 Å². The molecule has 0 saturated carbocycles. The molecule has 0 unspecified atom stereocenters. The second-order valence-corrected chi connectivity index (χ2v) is 5.31. The molecule has 7 heteroatoms. The number of anilines is 1. The van der Waals surface area contributed by atoms with Gasteiger partial charge >= 0.3 is 6.03 Å². The van der Waals surface area contributed by atoms with Crippen molar-refractivity contribution in [2.75, 3.05) is 24.2 Å². The smallest absolute Gasteiger partial charge is 0.321 e. The lowest BCUT2D eigenvalue weighted by atomic mass is 10.1. The first-order chi connectivity index (χ1) is 10.2. The molecule has 6 nitrogen and oxygen atoms in total. The fourth-order valence-electron chi connectivity index (χ4n) is 2.17. The van der Waals surface area contributed by atoms with Gasteiger partial charge in [0.15, 0.2) is 11.4 Å². The van der Waals surface area contributed by atoms with Crippen molar-refractivity contribution in [3.63, 3.8) is 0 Å². The van der Waals surface area contributed by atoms with E-state index in [-0.39, 0.29) is 6.03 Å². The second-order valence-electron chi connectivity index (χ2n) is 4.52. The van der Waals surface area contributed by atoms with Gasteiger partial charge in [-0.2, -0.15) is 5.26 Å². The van der Waals surface area contributed by atoms with Crippen molar-refractivity contribution in [1.82, 2.24) is 10.6 Å². The van der Waals surface area contributed by atoms with Gasteiger partial charge in [-0.1, -0.05) is 17.8 Å². The molecule has 1 aliphatic rings. The highest BCUT2D eigenvalue weighted by Crippen LogP contribution is 2.30. The second kappa shape index (κ2) is 6.99. The quantitative estimate of drug-likeness (QED) is 0.380. The summed E-state index contributed by atoms with van der Waals surface area (Å²) in [5, 5.41) is 14.6. The first-order valence-electron chi connectivity index (χ1n) is 6.60. The molecule has 0 radical (unpaired) electrons. The number of rotatable bonds is 2. The molecule has 0 atom stereocenters. The van der Waals surface area contributed by atoms with Crippen LogP contribution < -0.4 is 15.5 Å². The number of carbonyl (C=O) groups excluding carboxylic acids is 1. The van der Waals surface area contributed by atoms with E-state index in [1.807, 2.05) is 37.6 Å². The normalized spacial score (nSPS) is 15.4. The fourth-order valence-corrected chi connectivity index (χ4v) is 2.50. The number of amides is 2. The first kappa shape index (κ1) is 15.2. The van der Waals surface area contributed by atoms with Crippen LogP contribution in [0.1, 0.15) is 12.0 Å². The molecule has 0 bridgehead atoms. The van der Waals surface area contributed by atoms with Gasteiger partial charge in [-0.25, -0.2) is 9.79 Å². The number of nitrogens with zero attached hydrogens (tertiary/aromatic N) is 3. The topological polar surface area (TPSA) is 80.5 Å². The van der Waals surface area contributed by atoms with Crippen molar-refractivity contribution in [2.45, 2.75) is 13.3 Å². The zero-order valence-electron chi connectivity index (χ0n) is 12.0. The molecule has 110 valence electrons. The van der Waals surface area contributed by atoms with E-state index in [4.69, 9.17) is 5.26 Å². The summed E-state index contributed by atoms with van der Waals surface area (Å²) in [7, 11) is 0. The third-order valence-electron chi connectivity index (χ3n) is 3.23. The molecule has 0 aromatic heterocycles. The molecule has 1 aliphatic heterocycles. The average molecular weight is 303 g/mol. The monoisotopic (exact) mass is 303 g/mol. The van der Waals surface area contributed by atoms with E-state index in [1.54, 1.807) is 4.90 Å². The number of carbonyl (C=O) groups is 1. The van der Waals surface area contributed by atoms with Crippen molar-refractivity contribution in [2.24, 2.45) is 4.99 Å². The Balaban J connectivity index is 2.36. The highest BCUT2D eigenvalue weighted by molar-refractivity contribution is 8.13. The van der Waals surface area contributed by atoms with E-state index >= 15 is 0 Å². The predicted molar refractivity (Wildman–Crippen MR) is 85.9 cm³/mol. The number of aliphatic imine (C=N–C) groups is 1. The summed E-state index contributed by atoms with van der Waals surface area (Å²) in [6, 6.07) is 5.57. The van der Waals surface area contributed by atoms with Crippen LogP contribution in [0.4, 0.5) is 16.2 Å². The van der Waals surface area contributed by atoms with Crippen LogP contribution in [0.25, 0.3) is 0 Å². The SMILES string of the molecule is CSC(=Nc1cccc(N2CCCNC2=O)c1C)NC#N. The Bertz CT molecular complexity index is 608. The minimum atomic E-state index is -0.0780. The third kappa shape index (κ3) is 3.47. The fraction of sp³-hybridized carbons (Fsp3) is 0.357. The zero-order valence-corrected chi connectivity index (χ0v) is 12.8. The molecule has 2 amide bonds. The number of thioether (sulfide) groups is 1. The molecule has 0 aliphatic carbocycles. The largest absolute Gasteiger partial charge is 0.338 e. The average Bonchev–Trinajstić information content (AvgIpc) is 2.49. The van der Waals surface area contributed by atoms with E-state index in [0.29, 0.717) is 11.7 Å². The van der Waals surface area contributed by atoms with Gasteiger partial charge in [-0.3, -0.25) is 10.2 Å². The van der Waals surface area contributed by atoms with Crippen LogP contribution in [-0.4, -0.2) is 30.5 Å². The maximum atomic E-state index is 12.0. The van der Waals surface area contributed by atoms with E-state index in [2.05, 4.69) is 15.6 Å². The Morgan fingerprint density at radius 2 is 2.38 bits per heavy atom. The maximum absolute atomic E-state index is 12.0. The molecular weight excluding hydrogens is 286 g/mol. The van der Waals surface area contributed by atoms with Crippen molar-refractivity contribution in [1.29, 1.82) is 5.26 Å². The number of nitriles is 1. The van der Waals surface area contributed by atoms with Crippen molar-refractivity contribution < 1.29 is 4.79 Å². The number of hydrogen-bond acceptors (Lipinski definition) is 4. The van der Waals surface area contributed by atoms with Crippen LogP contribution in [0.5, 0.6) is 0 Å². The molecule has 1 aromatic carbocycles. The summed E-state index contributed by atoms with van der Waals surface area (Å²) >= 11 is 1.36. The highest BCUT2D eigenvalue weighted by atomic mass is 32.2. The van der Waals surface area contributed by atoms with Gasteiger partial charge in [0.1, 0.15) is 0 Å². The van der Waals surface area contributed by atoms with Crippen LogP contribution in [0, 0.1) is 18.4 Å². The number of amidine groups is 1. The van der Waals surface area contributed by atoms with Gasteiger partial charge in [0.25, 0.3) is 0 Å². The Morgan fingerprint density at radius 3 is 3.05 bits per heavy atom. The zero-order chi connectivity index (χ0) is 15.2. The van der Waals surface area contributed by atoms with Crippen molar-refractivity contribution >= 4 is 34.3 Å². The number of nitrogens with one attached hydrogen (secondary N) is 2. The lowest BCUT2D eigenvalue weighted by Gasteiger charge is -2.29. The maximum Gasteiger partial charge on any atom is 0.321 e. The lowest BCUT2D eigenvalue weighted by molar-refractivity contribution is 0.243. The standard InChI is InChI=1S/C14H17N5OS/c1-10-11(18-13(21-2)17-9-15)5-3-6-12(10)19-8-4-7-16-14(19)20/h3,5-6H,4,7-8H2,1-2H3,(H,16,20)(H,17,18). The highest BCUT2D eigenvalue weighted by Gasteiger charge is 2.21. The van der Waals surface area contributed by atoms with Gasteiger partial charge in [0, 0.05) is 13.1 Å². The van der Waals surface area contributed by atoms with Crippen LogP contribution in [0.2, 0.25) is 0 Å². The Labute approximate surface area is 128 Å². The van der Waals surface area contributed by atoms with E-state index in [1.165, 1.54) is 11.8 Å². The van der Waals surface area contributed by atoms with Gasteiger partial charge in [0.2, 0.25) is 0 Å². The molecule has 0 spiro atoms. The van der Waals surface area contributed by atoms with Crippen molar-refractivity contribution in [3.8, 4) is 6.19 Å². The molecule has 2 N–H and O–H groups in total. The van der Waals surface area contributed by atoms with E-state index in [9.17, 15) is 4.79 Å². The third-order valence-corrected chi connectivity index (χ3v) is 3.81. The summed E-state index contributed by atoms with van der Waals surface area (Å²) in [6.07, 6.45) is 4.64. The summed E-state index contributed by atoms with van der Waals surface area (Å²) in [6.45, 7) is 3.35. The Morgan fingerprint density at radius 1 is 1.57 bits per heavy atom. The molecule has 2 rings (SSSR count). The van der Waals surface area contributed by atoms with Gasteiger partial charge in [0.05, 0.1) is 11.4 Å². The molecular formula is C14H17N5OS. The van der Waals surface area contributed by atoms with Crippen LogP contribution in [-0.2, 0) is 0 Å². The number of hydrogen-bond donors (Lipinski definition) is 2. The molecule has 1 saturated heterocycles. The summed E-state index contributed by atoms with van der Waals surface area (Å²) < 4.78 is 0. The van der Waals surface area contributed by atoms with Crippen LogP contribution in [0.3, 0.4) is 0 Å². The van der Waals surface area contributed by atoms with Gasteiger partial charge in [-0.15, -0.1) is 0 Å². The molecule has 1 fully saturated rings. The number of urea groups is 1. The van der Waals surface area contributed by atoms with Gasteiger partial charge < -0.3 is 5.32 Å². The minimum Gasteiger partial charge on any atom is -0.338 e. The minimum absolute atomic E-state index is 0.0780. The van der Waals surface area contributed by atoms with E-state index in [0.717, 1.165) is 29.9 Å². The predicted octanol–water partition coefficient (Wildman–Crippen LogP) is 2.34. The summed E-state index contributed by atoms with van der Waals surface area (Å²) in [5.74, 6) is 0. The number of benzene rings is 1. The van der Waals surface area contributed by atoms with E-state index < -0.39 is 0 Å². The Kier molecular flexibility index (Phi) is 5.06.